The highest BCUT2D eigenvalue weighted by Gasteiger charge is 2.50. The monoisotopic (exact) mass is 464 g/mol. The lowest BCUT2D eigenvalue weighted by molar-refractivity contribution is -0.121. The molecule has 3 atom stereocenters. The van der Waals surface area contributed by atoms with Gasteiger partial charge < -0.3 is 4.74 Å². The molecule has 2 heterocycles. The molecule has 176 valence electrons. The normalized spacial score (nSPS) is 25.8. The number of nitriles is 1. The molecule has 0 radical (unpaired) electrons. The number of hydrogen-bond acceptors (Lipinski definition) is 6. The SMILES string of the molecule is Cc1cc(-c2nc(OC3CCC3)c3c(n2)[C@]2(C)C=C(C#N)C(=O)[C@H](C)[C@H]2CC3)c2ccccc2n1. The van der Waals surface area contributed by atoms with Gasteiger partial charge in [0.1, 0.15) is 12.2 Å². The second-order valence-electron chi connectivity index (χ2n) is 10.4. The number of pyridine rings is 1. The van der Waals surface area contributed by atoms with Gasteiger partial charge in [0.15, 0.2) is 11.6 Å². The Morgan fingerprint density at radius 1 is 1.14 bits per heavy atom. The molecule has 1 fully saturated rings. The van der Waals surface area contributed by atoms with Crippen LogP contribution in [-0.4, -0.2) is 26.8 Å². The number of rotatable bonds is 3. The molecule has 0 amide bonds. The molecule has 1 aromatic carbocycles. The summed E-state index contributed by atoms with van der Waals surface area (Å²) < 4.78 is 6.46. The van der Waals surface area contributed by atoms with Crippen LogP contribution in [0, 0.1) is 30.1 Å². The molecule has 2 aromatic heterocycles. The number of nitrogens with zero attached hydrogens (tertiary/aromatic N) is 4. The van der Waals surface area contributed by atoms with E-state index in [2.05, 4.69) is 13.0 Å². The predicted molar refractivity (Wildman–Crippen MR) is 133 cm³/mol. The number of fused-ring (bicyclic) bond motifs is 4. The highest BCUT2D eigenvalue weighted by molar-refractivity contribution is 6.02. The topological polar surface area (TPSA) is 88.8 Å². The highest BCUT2D eigenvalue weighted by atomic mass is 16.5. The zero-order chi connectivity index (χ0) is 24.3. The molecule has 6 heteroatoms. The Morgan fingerprint density at radius 2 is 1.94 bits per heavy atom. The van der Waals surface area contributed by atoms with Crippen LogP contribution in [0.5, 0.6) is 5.88 Å². The second-order valence-corrected chi connectivity index (χ2v) is 10.4. The smallest absolute Gasteiger partial charge is 0.220 e. The quantitative estimate of drug-likeness (QED) is 0.514. The number of allylic oxidation sites excluding steroid dienone is 2. The summed E-state index contributed by atoms with van der Waals surface area (Å²) in [5.74, 6) is 1.05. The number of carbonyl (C=O) groups is 1. The number of aryl methyl sites for hydroxylation is 1. The Labute approximate surface area is 205 Å². The van der Waals surface area contributed by atoms with E-state index in [1.807, 2.05) is 50.3 Å². The van der Waals surface area contributed by atoms with Crippen LogP contribution >= 0.6 is 0 Å². The lowest BCUT2D eigenvalue weighted by atomic mass is 9.58. The van der Waals surface area contributed by atoms with Crippen molar-refractivity contribution in [2.24, 2.45) is 11.8 Å². The minimum absolute atomic E-state index is 0.0607. The fourth-order valence-electron chi connectivity index (χ4n) is 6.10. The van der Waals surface area contributed by atoms with Gasteiger partial charge in [-0.15, -0.1) is 0 Å². The maximum Gasteiger partial charge on any atom is 0.220 e. The maximum atomic E-state index is 12.8. The first-order chi connectivity index (χ1) is 16.9. The molecule has 0 saturated heterocycles. The number of benzene rings is 1. The van der Waals surface area contributed by atoms with Crippen LogP contribution in [0.1, 0.15) is 56.5 Å². The Kier molecular flexibility index (Phi) is 5.00. The Balaban J connectivity index is 1.61. The molecule has 0 spiro atoms. The summed E-state index contributed by atoms with van der Waals surface area (Å²) >= 11 is 0. The van der Waals surface area contributed by atoms with Crippen molar-refractivity contribution in [2.45, 2.75) is 64.4 Å². The van der Waals surface area contributed by atoms with Crippen LogP contribution in [-0.2, 0) is 16.6 Å². The molecule has 6 rings (SSSR count). The van der Waals surface area contributed by atoms with Gasteiger partial charge in [-0.05, 0) is 57.1 Å². The molecule has 6 nitrogen and oxygen atoms in total. The summed E-state index contributed by atoms with van der Waals surface area (Å²) in [7, 11) is 0. The van der Waals surface area contributed by atoms with Crippen molar-refractivity contribution in [1.82, 2.24) is 15.0 Å². The van der Waals surface area contributed by atoms with Crippen molar-refractivity contribution in [2.75, 3.05) is 0 Å². The first-order valence-electron chi connectivity index (χ1n) is 12.5. The van der Waals surface area contributed by atoms with E-state index in [9.17, 15) is 10.1 Å². The van der Waals surface area contributed by atoms with Crippen molar-refractivity contribution >= 4 is 16.7 Å². The van der Waals surface area contributed by atoms with E-state index in [0.29, 0.717) is 11.7 Å². The summed E-state index contributed by atoms with van der Waals surface area (Å²) in [6.45, 7) is 6.05. The van der Waals surface area contributed by atoms with Gasteiger partial charge in [-0.3, -0.25) is 9.78 Å². The number of Topliss-reactive ketones (excluding diaryl/α,β-unsaturated/α-hetero) is 1. The molecule has 0 N–H and O–H groups in total. The van der Waals surface area contributed by atoms with E-state index in [1.165, 1.54) is 6.42 Å². The lowest BCUT2D eigenvalue weighted by Gasteiger charge is -2.45. The number of ether oxygens (including phenoxy) is 1. The summed E-state index contributed by atoms with van der Waals surface area (Å²) in [5.41, 5.74) is 4.31. The minimum atomic E-state index is -0.542. The molecule has 35 heavy (non-hydrogen) atoms. The highest BCUT2D eigenvalue weighted by Crippen LogP contribution is 2.51. The first-order valence-corrected chi connectivity index (χ1v) is 12.5. The van der Waals surface area contributed by atoms with Crippen LogP contribution in [0.25, 0.3) is 22.3 Å². The Morgan fingerprint density at radius 3 is 2.69 bits per heavy atom. The van der Waals surface area contributed by atoms with Gasteiger partial charge in [0.05, 0.1) is 16.8 Å². The number of aromatic nitrogens is 3. The number of hydrogen-bond donors (Lipinski definition) is 0. The van der Waals surface area contributed by atoms with Crippen molar-refractivity contribution in [1.29, 1.82) is 5.26 Å². The molecule has 0 unspecified atom stereocenters. The average molecular weight is 465 g/mol. The third-order valence-electron chi connectivity index (χ3n) is 8.22. The fraction of sp³-hybridized carbons (Fsp3) is 0.414. The predicted octanol–water partition coefficient (Wildman–Crippen LogP) is 5.42. The van der Waals surface area contributed by atoms with Crippen molar-refractivity contribution in [3.05, 3.63) is 58.9 Å². The van der Waals surface area contributed by atoms with E-state index >= 15 is 0 Å². The summed E-state index contributed by atoms with van der Waals surface area (Å²) in [5, 5.41) is 10.7. The zero-order valence-corrected chi connectivity index (χ0v) is 20.3. The first kappa shape index (κ1) is 21.9. The molecular formula is C29H28N4O2. The number of ketones is 1. The molecular weight excluding hydrogens is 436 g/mol. The van der Waals surface area contributed by atoms with E-state index in [0.717, 1.165) is 59.1 Å². The molecule has 3 aliphatic carbocycles. The summed E-state index contributed by atoms with van der Waals surface area (Å²) in [6.07, 6.45) is 6.89. The van der Waals surface area contributed by atoms with Gasteiger partial charge in [0, 0.05) is 33.5 Å². The second kappa shape index (κ2) is 7.98. The van der Waals surface area contributed by atoms with Crippen molar-refractivity contribution in [3.8, 4) is 23.3 Å². The summed E-state index contributed by atoms with van der Waals surface area (Å²) in [4.78, 5) is 27.7. The third-order valence-corrected chi connectivity index (χ3v) is 8.22. The lowest BCUT2D eigenvalue weighted by Crippen LogP contribution is -2.46. The van der Waals surface area contributed by atoms with Crippen LogP contribution < -0.4 is 4.74 Å². The van der Waals surface area contributed by atoms with E-state index in [4.69, 9.17) is 19.7 Å². The minimum Gasteiger partial charge on any atom is -0.474 e. The Bertz CT molecular complexity index is 1450. The molecule has 3 aliphatic rings. The van der Waals surface area contributed by atoms with Crippen molar-refractivity contribution in [3.63, 3.8) is 0 Å². The van der Waals surface area contributed by atoms with E-state index < -0.39 is 5.41 Å². The summed E-state index contributed by atoms with van der Waals surface area (Å²) in [6, 6.07) is 12.2. The van der Waals surface area contributed by atoms with Gasteiger partial charge in [-0.1, -0.05) is 38.1 Å². The Hall–Kier alpha value is -3.59. The van der Waals surface area contributed by atoms with Gasteiger partial charge in [-0.25, -0.2) is 4.98 Å². The maximum absolute atomic E-state index is 12.8. The van der Waals surface area contributed by atoms with Gasteiger partial charge in [-0.2, -0.15) is 10.2 Å². The van der Waals surface area contributed by atoms with Crippen LogP contribution in [0.2, 0.25) is 0 Å². The van der Waals surface area contributed by atoms with Crippen molar-refractivity contribution < 1.29 is 9.53 Å². The largest absolute Gasteiger partial charge is 0.474 e. The van der Waals surface area contributed by atoms with E-state index in [1.54, 1.807) is 0 Å². The van der Waals surface area contributed by atoms with Crippen LogP contribution in [0.4, 0.5) is 0 Å². The van der Waals surface area contributed by atoms with Crippen LogP contribution in [0.15, 0.2) is 42.0 Å². The number of carbonyl (C=O) groups excluding carboxylic acids is 1. The third kappa shape index (κ3) is 3.36. The molecule has 0 bridgehead atoms. The van der Waals surface area contributed by atoms with Gasteiger partial charge in [0.25, 0.3) is 0 Å². The van der Waals surface area contributed by atoms with Gasteiger partial charge in [0.2, 0.25) is 5.88 Å². The zero-order valence-electron chi connectivity index (χ0n) is 20.3. The number of para-hydroxylation sites is 1. The fourth-order valence-corrected chi connectivity index (χ4v) is 6.10. The molecule has 3 aromatic rings. The van der Waals surface area contributed by atoms with Crippen LogP contribution in [0.3, 0.4) is 0 Å². The van der Waals surface area contributed by atoms with E-state index in [-0.39, 0.29) is 29.3 Å². The average Bonchev–Trinajstić information content (AvgIpc) is 2.83. The molecule has 1 saturated carbocycles. The van der Waals surface area contributed by atoms with Gasteiger partial charge >= 0.3 is 0 Å². The molecule has 0 aliphatic heterocycles. The standard InChI is InChI=1S/C29H28N4O2/c1-16-13-22(20-9-4-5-10-24(20)31-16)27-32-26-21(28(33-27)35-19-7-6-8-19)11-12-23-17(2)25(34)18(15-30)14-29(23,26)3/h4-5,9-10,13-14,17,19,23H,6-8,11-12H2,1-3H3/t17-,23-,29-/m1/s1.